The van der Waals surface area contributed by atoms with E-state index < -0.39 is 5.60 Å². The van der Waals surface area contributed by atoms with Crippen molar-refractivity contribution < 1.29 is 9.90 Å². The zero-order valence-electron chi connectivity index (χ0n) is 10.1. The van der Waals surface area contributed by atoms with E-state index in [0.717, 1.165) is 0 Å². The normalized spacial score (nSPS) is 15.1. The van der Waals surface area contributed by atoms with Crippen LogP contribution in [0, 0.1) is 0 Å². The zero-order chi connectivity index (χ0) is 11.9. The second-order valence-corrected chi connectivity index (χ2v) is 4.29. The third kappa shape index (κ3) is 8.35. The number of carbonyl (C=O) groups is 1. The molecule has 0 aliphatic carbocycles. The minimum atomic E-state index is -0.810. The second-order valence-electron chi connectivity index (χ2n) is 4.29. The van der Waals surface area contributed by atoms with Gasteiger partial charge in [-0.05, 0) is 27.9 Å². The van der Waals surface area contributed by atoms with Gasteiger partial charge in [-0.2, -0.15) is 0 Å². The fourth-order valence-electron chi connectivity index (χ4n) is 1.44. The molecule has 0 aromatic rings. The van der Waals surface area contributed by atoms with E-state index in [-0.39, 0.29) is 12.5 Å². The molecule has 0 aliphatic heterocycles. The molecule has 90 valence electrons. The minimum Gasteiger partial charge on any atom is -0.388 e. The summed E-state index contributed by atoms with van der Waals surface area (Å²) in [5.74, 6) is -0.0434. The summed E-state index contributed by atoms with van der Waals surface area (Å²) in [4.78, 5) is 13.0. The van der Waals surface area contributed by atoms with E-state index >= 15 is 0 Å². The number of hydrogen-bond donors (Lipinski definition) is 3. The molecule has 15 heavy (non-hydrogen) atoms. The first-order valence-electron chi connectivity index (χ1n) is 5.22. The summed E-state index contributed by atoms with van der Waals surface area (Å²) in [5.41, 5.74) is -0.810. The predicted molar refractivity (Wildman–Crippen MR) is 60.7 cm³/mol. The van der Waals surface area contributed by atoms with Gasteiger partial charge >= 0.3 is 0 Å². The second kappa shape index (κ2) is 6.76. The van der Waals surface area contributed by atoms with Gasteiger partial charge in [0.05, 0.1) is 12.1 Å². The van der Waals surface area contributed by atoms with Crippen molar-refractivity contribution in [3.8, 4) is 0 Å². The Morgan fingerprint density at radius 3 is 2.53 bits per heavy atom. The molecule has 1 unspecified atom stereocenters. The van der Waals surface area contributed by atoms with E-state index in [4.69, 9.17) is 0 Å². The van der Waals surface area contributed by atoms with Crippen molar-refractivity contribution in [1.82, 2.24) is 15.5 Å². The first-order valence-corrected chi connectivity index (χ1v) is 5.22. The minimum absolute atomic E-state index is 0.0434. The van der Waals surface area contributed by atoms with Crippen molar-refractivity contribution >= 4 is 5.91 Å². The van der Waals surface area contributed by atoms with Gasteiger partial charge in [-0.3, -0.25) is 4.79 Å². The molecule has 1 atom stereocenters. The number of nitrogens with zero attached hydrogens (tertiary/aromatic N) is 1. The number of aliphatic hydroxyl groups is 1. The number of rotatable bonds is 7. The van der Waals surface area contributed by atoms with Gasteiger partial charge in [0.25, 0.3) is 0 Å². The van der Waals surface area contributed by atoms with Gasteiger partial charge in [0, 0.05) is 19.6 Å². The van der Waals surface area contributed by atoms with Crippen molar-refractivity contribution in [3.05, 3.63) is 0 Å². The molecule has 5 nitrogen and oxygen atoms in total. The quantitative estimate of drug-likeness (QED) is 0.513. The van der Waals surface area contributed by atoms with E-state index in [0.29, 0.717) is 19.6 Å². The van der Waals surface area contributed by atoms with Crippen LogP contribution in [-0.4, -0.2) is 61.8 Å². The van der Waals surface area contributed by atoms with Crippen LogP contribution < -0.4 is 10.6 Å². The van der Waals surface area contributed by atoms with Gasteiger partial charge in [-0.25, -0.2) is 0 Å². The van der Waals surface area contributed by atoms with Gasteiger partial charge in [0.15, 0.2) is 0 Å². The summed E-state index contributed by atoms with van der Waals surface area (Å²) in [6.07, 6.45) is 0. The van der Waals surface area contributed by atoms with Gasteiger partial charge in [0.2, 0.25) is 5.91 Å². The van der Waals surface area contributed by atoms with E-state index in [9.17, 15) is 9.90 Å². The molecule has 0 saturated heterocycles. The largest absolute Gasteiger partial charge is 0.388 e. The van der Waals surface area contributed by atoms with E-state index in [2.05, 4.69) is 10.6 Å². The van der Waals surface area contributed by atoms with Crippen LogP contribution in [0.1, 0.15) is 13.8 Å². The monoisotopic (exact) mass is 217 g/mol. The maximum atomic E-state index is 11.1. The van der Waals surface area contributed by atoms with Gasteiger partial charge in [-0.15, -0.1) is 0 Å². The standard InChI is InChI=1S/C10H23N3O2/c1-5-12-9(14)6-11-7-10(2,15)8-13(3)4/h11,15H,5-8H2,1-4H3,(H,12,14). The Morgan fingerprint density at radius 1 is 1.47 bits per heavy atom. The average molecular weight is 217 g/mol. The molecule has 0 aromatic heterocycles. The molecule has 0 fully saturated rings. The van der Waals surface area contributed by atoms with Crippen LogP contribution in [0.15, 0.2) is 0 Å². The number of nitrogens with one attached hydrogen (secondary N) is 2. The molecule has 0 aromatic carbocycles. The fourth-order valence-corrected chi connectivity index (χ4v) is 1.44. The average Bonchev–Trinajstić information content (AvgIpc) is 2.01. The molecule has 0 saturated carbocycles. The lowest BCUT2D eigenvalue weighted by atomic mass is 10.1. The Morgan fingerprint density at radius 2 is 2.07 bits per heavy atom. The smallest absolute Gasteiger partial charge is 0.233 e. The van der Waals surface area contributed by atoms with Crippen LogP contribution >= 0.6 is 0 Å². The van der Waals surface area contributed by atoms with Crippen molar-refractivity contribution in [3.63, 3.8) is 0 Å². The lowest BCUT2D eigenvalue weighted by molar-refractivity contribution is -0.120. The van der Waals surface area contributed by atoms with E-state index in [1.807, 2.05) is 25.9 Å². The summed E-state index contributed by atoms with van der Waals surface area (Å²) in [7, 11) is 3.80. The van der Waals surface area contributed by atoms with Crippen molar-refractivity contribution in [1.29, 1.82) is 0 Å². The predicted octanol–water partition coefficient (Wildman–Crippen LogP) is -0.975. The third-order valence-corrected chi connectivity index (χ3v) is 1.82. The molecule has 0 rings (SSSR count). The van der Waals surface area contributed by atoms with Gasteiger partial charge in [-0.1, -0.05) is 0 Å². The number of hydrogen-bond acceptors (Lipinski definition) is 4. The molecule has 0 heterocycles. The third-order valence-electron chi connectivity index (χ3n) is 1.82. The molecule has 0 aliphatic rings. The Balaban J connectivity index is 3.69. The highest BCUT2D eigenvalue weighted by atomic mass is 16.3. The zero-order valence-corrected chi connectivity index (χ0v) is 10.1. The molecule has 0 radical (unpaired) electrons. The maximum absolute atomic E-state index is 11.1. The molecular weight excluding hydrogens is 194 g/mol. The first-order chi connectivity index (χ1) is 6.87. The van der Waals surface area contributed by atoms with Gasteiger partial charge in [0.1, 0.15) is 0 Å². The summed E-state index contributed by atoms with van der Waals surface area (Å²) in [6, 6.07) is 0. The lowest BCUT2D eigenvalue weighted by Gasteiger charge is -2.27. The molecule has 0 bridgehead atoms. The summed E-state index contributed by atoms with van der Waals surface area (Å²) in [6.45, 7) is 5.47. The van der Waals surface area contributed by atoms with E-state index in [1.165, 1.54) is 0 Å². The van der Waals surface area contributed by atoms with Crippen LogP contribution in [0.4, 0.5) is 0 Å². The highest BCUT2D eigenvalue weighted by Gasteiger charge is 2.20. The summed E-state index contributed by atoms with van der Waals surface area (Å²) in [5, 5.41) is 15.5. The SMILES string of the molecule is CCNC(=O)CNCC(C)(O)CN(C)C. The lowest BCUT2D eigenvalue weighted by Crippen LogP contribution is -2.47. The first kappa shape index (κ1) is 14.3. The Labute approximate surface area is 91.8 Å². The van der Waals surface area contributed by atoms with Crippen molar-refractivity contribution in [2.75, 3.05) is 40.3 Å². The van der Waals surface area contributed by atoms with Crippen LogP contribution in [0.3, 0.4) is 0 Å². The highest BCUT2D eigenvalue weighted by Crippen LogP contribution is 2.01. The molecule has 1 amide bonds. The topological polar surface area (TPSA) is 64.6 Å². The molecular formula is C10H23N3O2. The Kier molecular flexibility index (Phi) is 6.47. The molecule has 5 heteroatoms. The fraction of sp³-hybridized carbons (Fsp3) is 0.900. The maximum Gasteiger partial charge on any atom is 0.233 e. The number of amides is 1. The Bertz CT molecular complexity index is 193. The van der Waals surface area contributed by atoms with E-state index in [1.54, 1.807) is 6.92 Å². The molecule has 0 spiro atoms. The van der Waals surface area contributed by atoms with Crippen LogP contribution in [-0.2, 0) is 4.79 Å². The van der Waals surface area contributed by atoms with Crippen molar-refractivity contribution in [2.45, 2.75) is 19.4 Å². The van der Waals surface area contributed by atoms with Crippen LogP contribution in [0.25, 0.3) is 0 Å². The number of carbonyl (C=O) groups excluding carboxylic acids is 1. The summed E-state index contributed by atoms with van der Waals surface area (Å²) < 4.78 is 0. The Hall–Kier alpha value is -0.650. The van der Waals surface area contributed by atoms with Crippen LogP contribution in [0.5, 0.6) is 0 Å². The highest BCUT2D eigenvalue weighted by molar-refractivity contribution is 5.77. The van der Waals surface area contributed by atoms with Gasteiger partial charge < -0.3 is 20.6 Å². The number of likely N-dealkylation sites (N-methyl/N-ethyl adjacent to an activating group) is 2. The van der Waals surface area contributed by atoms with Crippen LogP contribution in [0.2, 0.25) is 0 Å². The molecule has 3 N–H and O–H groups in total. The van der Waals surface area contributed by atoms with Crippen molar-refractivity contribution in [2.24, 2.45) is 0 Å². The summed E-state index contributed by atoms with van der Waals surface area (Å²) >= 11 is 0.